The Kier molecular flexibility index (Phi) is 2.42. The molecule has 0 bridgehead atoms. The smallest absolute Gasteiger partial charge is 0.0440 e. The van der Waals surface area contributed by atoms with Crippen LogP contribution in [0.2, 0.25) is 5.02 Å². The van der Waals surface area contributed by atoms with Gasteiger partial charge in [-0.3, -0.25) is 0 Å². The second kappa shape index (κ2) is 3.39. The Balaban J connectivity index is 2.19. The summed E-state index contributed by atoms with van der Waals surface area (Å²) in [6.07, 6.45) is 1.29. The Hall–Kier alpha value is -0.0100. The van der Waals surface area contributed by atoms with Crippen molar-refractivity contribution < 1.29 is 0 Å². The third-order valence-corrected chi connectivity index (χ3v) is 3.60. The van der Waals surface area contributed by atoms with Crippen LogP contribution in [0.4, 0.5) is 0 Å². The van der Waals surface area contributed by atoms with Crippen LogP contribution in [0, 0.1) is 5.92 Å². The molecule has 1 saturated carbocycles. The fourth-order valence-electron chi connectivity index (χ4n) is 1.57. The van der Waals surface area contributed by atoms with Gasteiger partial charge in [0, 0.05) is 10.4 Å². The average molecular weight is 246 g/mol. The fourth-order valence-corrected chi connectivity index (χ4v) is 2.57. The van der Waals surface area contributed by atoms with E-state index in [4.69, 9.17) is 11.6 Å². The van der Waals surface area contributed by atoms with Crippen LogP contribution in [-0.2, 0) is 0 Å². The van der Waals surface area contributed by atoms with Crippen molar-refractivity contribution in [3.05, 3.63) is 34.9 Å². The first-order valence-electron chi connectivity index (χ1n) is 4.13. The second-order valence-corrected chi connectivity index (χ2v) is 4.33. The number of benzene rings is 1. The summed E-state index contributed by atoms with van der Waals surface area (Å²) in [5.74, 6) is 1.52. The first-order chi connectivity index (χ1) is 5.83. The van der Waals surface area contributed by atoms with Crippen molar-refractivity contribution in [1.82, 2.24) is 0 Å². The van der Waals surface area contributed by atoms with Crippen LogP contribution in [0.1, 0.15) is 17.9 Å². The van der Waals surface area contributed by atoms with Gasteiger partial charge < -0.3 is 0 Å². The van der Waals surface area contributed by atoms with E-state index < -0.39 is 0 Å². The van der Waals surface area contributed by atoms with Crippen molar-refractivity contribution >= 4 is 27.5 Å². The van der Waals surface area contributed by atoms with Gasteiger partial charge >= 0.3 is 0 Å². The SMILES string of the molecule is Clc1ccccc1C1CC1CBr. The standard InChI is InChI=1S/C10H10BrCl/c11-6-7-5-9(7)8-3-1-2-4-10(8)12/h1-4,7,9H,5-6H2. The van der Waals surface area contributed by atoms with Crippen LogP contribution >= 0.6 is 27.5 Å². The summed E-state index contributed by atoms with van der Waals surface area (Å²) < 4.78 is 0. The second-order valence-electron chi connectivity index (χ2n) is 3.28. The van der Waals surface area contributed by atoms with Gasteiger partial charge in [0.25, 0.3) is 0 Å². The molecule has 0 aromatic heterocycles. The highest BCUT2D eigenvalue weighted by atomic mass is 79.9. The zero-order valence-corrected chi connectivity index (χ0v) is 8.98. The molecule has 1 fully saturated rings. The molecule has 0 radical (unpaired) electrons. The van der Waals surface area contributed by atoms with E-state index in [1.165, 1.54) is 12.0 Å². The lowest BCUT2D eigenvalue weighted by Crippen LogP contribution is -1.84. The summed E-state index contributed by atoms with van der Waals surface area (Å²) in [6.45, 7) is 0. The molecular formula is C10H10BrCl. The van der Waals surface area contributed by atoms with Gasteiger partial charge in [0.05, 0.1) is 0 Å². The highest BCUT2D eigenvalue weighted by Gasteiger charge is 2.38. The van der Waals surface area contributed by atoms with Gasteiger partial charge in [0.1, 0.15) is 0 Å². The van der Waals surface area contributed by atoms with Crippen LogP contribution in [0.5, 0.6) is 0 Å². The molecule has 0 N–H and O–H groups in total. The number of hydrogen-bond donors (Lipinski definition) is 0. The third-order valence-electron chi connectivity index (χ3n) is 2.43. The quantitative estimate of drug-likeness (QED) is 0.695. The molecular weight excluding hydrogens is 235 g/mol. The molecule has 12 heavy (non-hydrogen) atoms. The van der Waals surface area contributed by atoms with Crippen LogP contribution in [0.15, 0.2) is 24.3 Å². The molecule has 2 heteroatoms. The van der Waals surface area contributed by atoms with Gasteiger partial charge in [0.15, 0.2) is 0 Å². The normalized spacial score (nSPS) is 27.2. The molecule has 2 atom stereocenters. The van der Waals surface area contributed by atoms with Crippen LogP contribution in [0.25, 0.3) is 0 Å². The van der Waals surface area contributed by atoms with Crippen molar-refractivity contribution in [3.63, 3.8) is 0 Å². The Morgan fingerprint density at radius 2 is 2.17 bits per heavy atom. The Morgan fingerprint density at radius 3 is 2.75 bits per heavy atom. The summed E-state index contributed by atoms with van der Waals surface area (Å²) in [6, 6.07) is 8.15. The summed E-state index contributed by atoms with van der Waals surface area (Å²) in [7, 11) is 0. The minimum atomic E-state index is 0.707. The Morgan fingerprint density at radius 1 is 1.42 bits per heavy atom. The van der Waals surface area contributed by atoms with Crippen molar-refractivity contribution in [1.29, 1.82) is 0 Å². The zero-order valence-electron chi connectivity index (χ0n) is 6.63. The molecule has 0 amide bonds. The Labute approximate surface area is 86.1 Å². The largest absolute Gasteiger partial charge is 0.0925 e. The van der Waals surface area contributed by atoms with E-state index in [-0.39, 0.29) is 0 Å². The lowest BCUT2D eigenvalue weighted by atomic mass is 10.1. The molecule has 64 valence electrons. The van der Waals surface area contributed by atoms with Gasteiger partial charge in [-0.2, -0.15) is 0 Å². The third kappa shape index (κ3) is 1.53. The van der Waals surface area contributed by atoms with Crippen LogP contribution < -0.4 is 0 Å². The van der Waals surface area contributed by atoms with Gasteiger partial charge in [0.2, 0.25) is 0 Å². The van der Waals surface area contributed by atoms with Crippen molar-refractivity contribution in [2.45, 2.75) is 12.3 Å². The molecule has 1 aliphatic carbocycles. The van der Waals surface area contributed by atoms with Crippen molar-refractivity contribution in [3.8, 4) is 0 Å². The van der Waals surface area contributed by atoms with Gasteiger partial charge in [-0.1, -0.05) is 45.7 Å². The van der Waals surface area contributed by atoms with Gasteiger partial charge in [-0.15, -0.1) is 0 Å². The van der Waals surface area contributed by atoms with Crippen LogP contribution in [-0.4, -0.2) is 5.33 Å². The highest BCUT2D eigenvalue weighted by molar-refractivity contribution is 9.09. The lowest BCUT2D eigenvalue weighted by molar-refractivity contribution is 0.937. The monoisotopic (exact) mass is 244 g/mol. The van der Waals surface area contributed by atoms with Crippen molar-refractivity contribution in [2.24, 2.45) is 5.92 Å². The number of hydrogen-bond acceptors (Lipinski definition) is 0. The lowest BCUT2D eigenvalue weighted by Gasteiger charge is -2.00. The van der Waals surface area contributed by atoms with E-state index in [1.54, 1.807) is 0 Å². The molecule has 1 aliphatic rings. The average Bonchev–Trinajstić information content (AvgIpc) is 2.84. The summed E-state index contributed by atoms with van der Waals surface area (Å²) in [4.78, 5) is 0. The van der Waals surface area contributed by atoms with E-state index in [0.29, 0.717) is 5.92 Å². The van der Waals surface area contributed by atoms with Gasteiger partial charge in [-0.25, -0.2) is 0 Å². The fraction of sp³-hybridized carbons (Fsp3) is 0.400. The molecule has 1 aromatic carbocycles. The molecule has 0 spiro atoms. The molecule has 0 aliphatic heterocycles. The molecule has 2 unspecified atom stereocenters. The Bertz CT molecular complexity index is 285. The van der Waals surface area contributed by atoms with E-state index >= 15 is 0 Å². The predicted octanol–water partition coefficient (Wildman–Crippen LogP) is 3.84. The zero-order chi connectivity index (χ0) is 8.55. The van der Waals surface area contributed by atoms with E-state index in [0.717, 1.165) is 16.3 Å². The maximum atomic E-state index is 6.07. The summed E-state index contributed by atoms with van der Waals surface area (Å²) in [5.41, 5.74) is 1.32. The van der Waals surface area contributed by atoms with E-state index in [9.17, 15) is 0 Å². The summed E-state index contributed by atoms with van der Waals surface area (Å²) >= 11 is 9.56. The topological polar surface area (TPSA) is 0 Å². The molecule has 0 saturated heterocycles. The number of halogens is 2. The van der Waals surface area contributed by atoms with Gasteiger partial charge in [-0.05, 0) is 29.9 Å². The molecule has 0 nitrogen and oxygen atoms in total. The maximum Gasteiger partial charge on any atom is 0.0440 e. The highest BCUT2D eigenvalue weighted by Crippen LogP contribution is 2.50. The van der Waals surface area contributed by atoms with E-state index in [1.807, 2.05) is 12.1 Å². The predicted molar refractivity (Wildman–Crippen MR) is 56.1 cm³/mol. The first-order valence-corrected chi connectivity index (χ1v) is 5.63. The first kappa shape index (κ1) is 8.58. The minimum absolute atomic E-state index is 0.707. The van der Waals surface area contributed by atoms with Crippen LogP contribution in [0.3, 0.4) is 0 Å². The number of rotatable bonds is 2. The summed E-state index contributed by atoms with van der Waals surface area (Å²) in [5, 5.41) is 2.02. The van der Waals surface area contributed by atoms with E-state index in [2.05, 4.69) is 28.1 Å². The van der Waals surface area contributed by atoms with Crippen molar-refractivity contribution in [2.75, 3.05) is 5.33 Å². The molecule has 1 aromatic rings. The number of alkyl halides is 1. The molecule has 0 heterocycles. The maximum absolute atomic E-state index is 6.07. The molecule has 2 rings (SSSR count). The minimum Gasteiger partial charge on any atom is -0.0925 e.